The van der Waals surface area contributed by atoms with Crippen LogP contribution in [-0.4, -0.2) is 57.5 Å². The van der Waals surface area contributed by atoms with E-state index in [1.165, 1.54) is 105 Å². The molecule has 0 amide bonds. The van der Waals surface area contributed by atoms with E-state index in [0.717, 1.165) is 33.5 Å². The Morgan fingerprint density at radius 2 is 0.603 bits per heavy atom. The molecule has 14 nitrogen and oxygen atoms in total. The molecule has 121 heavy (non-hydrogen) atoms. The summed E-state index contributed by atoms with van der Waals surface area (Å²) >= 11 is 0. The molecule has 0 saturated carbocycles. The van der Waals surface area contributed by atoms with Gasteiger partial charge in [-0.15, -0.1) is 0 Å². The molecule has 24 heteroatoms. The average molecular weight is 1730 g/mol. The lowest BCUT2D eigenvalue weighted by atomic mass is 10.1. The molecule has 0 fully saturated rings. The molecule has 15 aromatic rings. The summed E-state index contributed by atoms with van der Waals surface area (Å²) in [5, 5.41) is 1.79. The third-order valence-electron chi connectivity index (χ3n) is 17.0. The molecular weight excluding hydrogens is 1660 g/mol. The number of hydrogen-bond donors (Lipinski definition) is 0. The van der Waals surface area contributed by atoms with Crippen LogP contribution in [0.15, 0.2) is 461 Å². The Bertz CT molecular complexity index is 5720. The molecule has 0 N–H and O–H groups in total. The lowest BCUT2D eigenvalue weighted by Crippen LogP contribution is -2.20. The van der Waals surface area contributed by atoms with Crippen molar-refractivity contribution in [1.82, 2.24) is 0 Å². The van der Waals surface area contributed by atoms with E-state index in [-0.39, 0.29) is 54.6 Å². The number of rotatable bonds is 21. The molecule has 0 saturated heterocycles. The lowest BCUT2D eigenvalue weighted by Gasteiger charge is -2.14. The van der Waals surface area contributed by atoms with Crippen LogP contribution in [0.2, 0.25) is 0 Å². The molecule has 0 aliphatic carbocycles. The Labute approximate surface area is 709 Å². The van der Waals surface area contributed by atoms with Gasteiger partial charge in [-0.3, -0.25) is 0 Å². The Balaban J connectivity index is 0.000000154. The number of carbonyl (C=O) groups is 2. The maximum atomic E-state index is 13.7. The van der Waals surface area contributed by atoms with Gasteiger partial charge in [-0.25, -0.2) is 43.6 Å². The molecule has 0 bridgehead atoms. The molecule has 0 aliphatic heterocycles. The van der Waals surface area contributed by atoms with Gasteiger partial charge in [0.15, 0.2) is 68.1 Å². The van der Waals surface area contributed by atoms with Crippen LogP contribution in [0.4, 0.5) is 17.6 Å². The van der Waals surface area contributed by atoms with Crippen LogP contribution in [-0.2, 0) is 67.8 Å². The van der Waals surface area contributed by atoms with Crippen LogP contribution in [0.1, 0.15) is 27.0 Å². The highest BCUT2D eigenvalue weighted by Gasteiger charge is 2.33. The Morgan fingerprint density at radius 1 is 0.314 bits per heavy atom. The van der Waals surface area contributed by atoms with Crippen LogP contribution in [0.3, 0.4) is 0 Å². The van der Waals surface area contributed by atoms with Crippen LogP contribution in [0, 0.1) is 23.3 Å². The van der Waals surface area contributed by atoms with E-state index in [0.29, 0.717) is 0 Å². The van der Waals surface area contributed by atoms with Crippen LogP contribution in [0.5, 0.6) is 17.2 Å². The molecule has 610 valence electrons. The summed E-state index contributed by atoms with van der Waals surface area (Å²) < 4.78 is 166. The zero-order valence-corrected chi connectivity index (χ0v) is 69.0. The minimum atomic E-state index is -5.84. The third-order valence-corrected chi connectivity index (χ3v) is 26.3. The zero-order chi connectivity index (χ0) is 86.3. The highest BCUT2D eigenvalue weighted by molar-refractivity contribution is 7.97. The highest BCUT2D eigenvalue weighted by Crippen LogP contribution is 2.36. The van der Waals surface area contributed by atoms with Crippen molar-refractivity contribution < 1.29 is 80.3 Å². The Kier molecular flexibility index (Phi) is 33.0. The largest absolute Gasteiger partial charge is 0.744 e. The number of ether oxygens (including phenoxy) is 3. The smallest absolute Gasteiger partial charge is 0.349 e. The first kappa shape index (κ1) is 90.3. The lowest BCUT2D eigenvalue weighted by molar-refractivity contribution is -0.136. The molecular formula is C97H74F4O14S6. The monoisotopic (exact) mass is 1730 g/mol. The number of hydrogen-bond acceptors (Lipinski definition) is 14. The zero-order valence-electron chi connectivity index (χ0n) is 64.1. The van der Waals surface area contributed by atoms with Gasteiger partial charge in [0, 0.05) is 0 Å². The number of carbonyl (C=O) groups excluding carboxylic acids is 2. The van der Waals surface area contributed by atoms with Crippen molar-refractivity contribution in [2.45, 2.75) is 58.7 Å². The number of benzene rings is 15. The van der Waals surface area contributed by atoms with E-state index in [4.69, 9.17) is 9.47 Å². The SMILES string of the molecule is C=Cc1ccc(OC(=O)COc2c(F)c(F)c(S(=O)(=O)[O-])c(F)c2F)cc1.C=Cc1ccc(S(=O)(=O)[O-])cc1.C=Cc1ccc2cc(OC(=O)c3ccccc3S(=O)(=O)[O-])ccc2c1.c1ccc([S+](c2ccccc2)c2ccccc2)cc1.c1ccc([S+](c2ccccc2)c2ccccc2)cc1.c1ccc([S+](c2ccccc2)c2ccccc2)cc1. The summed E-state index contributed by atoms with van der Waals surface area (Å²) in [4.78, 5) is 33.0. The molecule has 0 aromatic heterocycles. The van der Waals surface area contributed by atoms with Gasteiger partial charge in [-0.1, -0.05) is 256 Å². The molecule has 15 aromatic carbocycles. The number of halogens is 4. The maximum absolute atomic E-state index is 13.7. The average Bonchev–Trinajstić information content (AvgIpc) is 0.766. The molecule has 0 aliphatic rings. The number of fused-ring (bicyclic) bond motifs is 1. The molecule has 0 heterocycles. The van der Waals surface area contributed by atoms with Crippen molar-refractivity contribution in [3.8, 4) is 17.2 Å². The van der Waals surface area contributed by atoms with Gasteiger partial charge < -0.3 is 27.9 Å². The third kappa shape index (κ3) is 26.0. The van der Waals surface area contributed by atoms with Gasteiger partial charge in [0.05, 0.1) is 48.0 Å². The minimum absolute atomic E-state index is 0.0146. The van der Waals surface area contributed by atoms with Gasteiger partial charge in [0.25, 0.3) is 0 Å². The van der Waals surface area contributed by atoms with Gasteiger partial charge in [-0.2, -0.15) is 8.78 Å². The van der Waals surface area contributed by atoms with E-state index < -0.39 is 87.7 Å². The second-order valence-corrected chi connectivity index (χ2v) is 35.3. The van der Waals surface area contributed by atoms with Crippen molar-refractivity contribution in [1.29, 1.82) is 0 Å². The van der Waals surface area contributed by atoms with Gasteiger partial charge in [0.1, 0.15) is 46.7 Å². The first-order valence-electron chi connectivity index (χ1n) is 36.5. The van der Waals surface area contributed by atoms with E-state index >= 15 is 0 Å². The highest BCUT2D eigenvalue weighted by atomic mass is 32.2. The summed E-state index contributed by atoms with van der Waals surface area (Å²) in [5.41, 5.74) is 2.17. The molecule has 0 atom stereocenters. The maximum Gasteiger partial charge on any atom is 0.349 e. The van der Waals surface area contributed by atoms with E-state index in [9.17, 15) is 66.1 Å². The van der Waals surface area contributed by atoms with Crippen molar-refractivity contribution in [2.75, 3.05) is 6.61 Å². The predicted molar refractivity (Wildman–Crippen MR) is 464 cm³/mol. The summed E-state index contributed by atoms with van der Waals surface area (Å²) in [6.45, 7) is 9.56. The first-order valence-corrected chi connectivity index (χ1v) is 44.4. The minimum Gasteiger partial charge on any atom is -0.744 e. The fraction of sp³-hybridized carbons (Fsp3) is 0.0103. The summed E-state index contributed by atoms with van der Waals surface area (Å²) in [6, 6.07) is 124. The summed E-state index contributed by atoms with van der Waals surface area (Å²) in [7, 11) is -15.0. The topological polar surface area (TPSA) is 233 Å². The molecule has 0 spiro atoms. The van der Waals surface area contributed by atoms with Crippen molar-refractivity contribution >= 4 is 104 Å². The second-order valence-electron chi connectivity index (χ2n) is 25.2. The Hall–Kier alpha value is -13.0. The van der Waals surface area contributed by atoms with Gasteiger partial charge >= 0.3 is 11.9 Å². The quantitative estimate of drug-likeness (QED) is 0.0163. The molecule has 0 unspecified atom stereocenters. The normalized spacial score (nSPS) is 10.9. The fourth-order valence-corrected chi connectivity index (χ4v) is 19.4. The predicted octanol–water partition coefficient (Wildman–Crippen LogP) is 22.0. The Morgan fingerprint density at radius 3 is 0.917 bits per heavy atom. The van der Waals surface area contributed by atoms with Crippen LogP contribution in [0.25, 0.3) is 29.0 Å². The fourth-order valence-electron chi connectivity index (χ4n) is 11.4. The molecule has 15 rings (SSSR count). The van der Waals surface area contributed by atoms with Gasteiger partial charge in [-0.05, 0) is 191 Å². The van der Waals surface area contributed by atoms with E-state index in [2.05, 4.69) is 297 Å². The molecule has 0 radical (unpaired) electrons. The first-order chi connectivity index (χ1) is 58.3. The van der Waals surface area contributed by atoms with Crippen LogP contribution < -0.4 is 14.2 Å². The second kappa shape index (κ2) is 44.2. The van der Waals surface area contributed by atoms with E-state index in [1.807, 2.05) is 18.2 Å². The van der Waals surface area contributed by atoms with Crippen molar-refractivity contribution in [2.24, 2.45) is 0 Å². The van der Waals surface area contributed by atoms with E-state index in [1.54, 1.807) is 42.5 Å². The van der Waals surface area contributed by atoms with Crippen molar-refractivity contribution in [3.63, 3.8) is 0 Å². The van der Waals surface area contributed by atoms with Gasteiger partial charge in [0.2, 0.25) is 11.6 Å². The van der Waals surface area contributed by atoms with Crippen molar-refractivity contribution in [3.05, 3.63) is 447 Å². The summed E-state index contributed by atoms with van der Waals surface area (Å²) in [6.07, 6.45) is 4.82. The van der Waals surface area contributed by atoms with Crippen LogP contribution >= 0.6 is 0 Å². The summed E-state index contributed by atoms with van der Waals surface area (Å²) in [5.74, 6) is -13.0. The number of esters is 2. The standard InChI is InChI=1S/C19H14O5S.3C18H15S.C16H10F4O6S.C8H8O3S/c1-2-13-7-8-15-12-16(10-9-14(15)11-13)24-19(20)17-5-3-4-6-18(17)25(21,22)23;3*1-4-10-16(11-5-1)19(17-12-6-2-7-13-17)18-14-8-3-9-15-18;1-2-8-3-5-9(6-4-8)26-10(21)7-25-15-11(17)13(19)16(27(22,23)24)14(20)12(15)18;1-2-7-3-5-8(6-4-7)12(9,10)11/h2-12H,1H2,(H,21,22,23);3*1-15H;2-6H,1,7H2,(H,22,23,24);2-6H,1H2,(H,9,10,11)/q;3*+1;;/p-3.